The van der Waals surface area contributed by atoms with Crippen LogP contribution in [0.25, 0.3) is 17.0 Å². The highest BCUT2D eigenvalue weighted by atomic mass is 35.5. The number of nitrogens with zero attached hydrogens (tertiary/aromatic N) is 3. The van der Waals surface area contributed by atoms with Gasteiger partial charge >= 0.3 is 0 Å². The van der Waals surface area contributed by atoms with Crippen molar-refractivity contribution in [2.24, 2.45) is 10.9 Å². The fourth-order valence-electron chi connectivity index (χ4n) is 5.92. The number of fused-ring (bicyclic) bond motifs is 1. The molecule has 1 saturated heterocycles. The number of aromatic nitrogens is 1. The lowest BCUT2D eigenvalue weighted by atomic mass is 9.85. The van der Waals surface area contributed by atoms with E-state index in [9.17, 15) is 4.79 Å². The molecule has 1 aromatic heterocycles. The summed E-state index contributed by atoms with van der Waals surface area (Å²) in [6.45, 7) is 5.08. The van der Waals surface area contributed by atoms with Crippen molar-refractivity contribution in [3.05, 3.63) is 106 Å². The first kappa shape index (κ1) is 26.0. The van der Waals surface area contributed by atoms with Gasteiger partial charge in [0.25, 0.3) is 5.91 Å². The number of benzene rings is 3. The molecule has 0 radical (unpaired) electrons. The molecule has 0 N–H and O–H groups in total. The van der Waals surface area contributed by atoms with Crippen LogP contribution in [0.15, 0.2) is 88.8 Å². The number of carbonyl (C=O) groups is 1. The van der Waals surface area contributed by atoms with Crippen molar-refractivity contribution >= 4 is 57.1 Å². The molecule has 0 unspecified atom stereocenters. The maximum absolute atomic E-state index is 14.1. The van der Waals surface area contributed by atoms with Crippen molar-refractivity contribution in [3.63, 3.8) is 0 Å². The molecule has 1 aliphatic heterocycles. The number of carbonyl (C=O) groups excluding carboxylic acids is 1. The van der Waals surface area contributed by atoms with Gasteiger partial charge in [-0.25, -0.2) is 4.99 Å². The maximum Gasteiger partial charge on any atom is 0.267 e. The number of amides is 1. The predicted octanol–water partition coefficient (Wildman–Crippen LogP) is 8.83. The third kappa shape index (κ3) is 5.06. The Morgan fingerprint density at radius 1 is 0.974 bits per heavy atom. The molecule has 2 fully saturated rings. The number of aliphatic imine (C=N–C) groups is 1. The molecule has 2 atom stereocenters. The van der Waals surface area contributed by atoms with E-state index in [2.05, 4.69) is 54.8 Å². The molecule has 0 bridgehead atoms. The quantitative estimate of drug-likeness (QED) is 0.231. The fraction of sp³-hybridized carbons (Fsp3) is 0.273. The highest BCUT2D eigenvalue weighted by Crippen LogP contribution is 2.41. The van der Waals surface area contributed by atoms with E-state index in [1.165, 1.54) is 18.2 Å². The number of amidine groups is 1. The lowest BCUT2D eigenvalue weighted by Gasteiger charge is -2.35. The molecule has 4 aromatic rings. The van der Waals surface area contributed by atoms with Crippen LogP contribution in [0.5, 0.6) is 0 Å². The molecule has 1 amide bonds. The van der Waals surface area contributed by atoms with E-state index in [4.69, 9.17) is 16.6 Å². The van der Waals surface area contributed by atoms with Crippen LogP contribution in [-0.2, 0) is 11.3 Å². The summed E-state index contributed by atoms with van der Waals surface area (Å²) in [6, 6.07) is 26.5. The Morgan fingerprint density at radius 2 is 1.69 bits per heavy atom. The molecule has 4 nitrogen and oxygen atoms in total. The molecule has 1 aliphatic carbocycles. The molecule has 2 aliphatic rings. The van der Waals surface area contributed by atoms with Gasteiger partial charge in [-0.05, 0) is 73.4 Å². The standard InChI is InChI=1S/C33H32ClN3OS/c1-22-12-6-10-18-29(22)37-32(38)31(39-33(37)35-25-14-4-3-5-15-25)20-27-23(2)36(30-19-11-8-16-26(27)30)21-24-13-7-9-17-28(24)34/h3-5,7-9,11,13-17,19-20,22,29H,6,10,12,18,21H2,1-2H3/b31-20-,35-33?/t22-,29+/m0/s1. The van der Waals surface area contributed by atoms with E-state index in [1.54, 1.807) is 0 Å². The van der Waals surface area contributed by atoms with E-state index < -0.39 is 0 Å². The van der Waals surface area contributed by atoms with Crippen LogP contribution >= 0.6 is 23.4 Å². The van der Waals surface area contributed by atoms with E-state index in [0.717, 1.165) is 67.8 Å². The summed E-state index contributed by atoms with van der Waals surface area (Å²) in [5.41, 5.74) is 5.26. The highest BCUT2D eigenvalue weighted by Gasteiger charge is 2.41. The first-order valence-corrected chi connectivity index (χ1v) is 14.9. The normalized spacial score (nSPS) is 21.9. The number of hydrogen-bond acceptors (Lipinski definition) is 3. The zero-order valence-electron chi connectivity index (χ0n) is 22.3. The SMILES string of the molecule is Cc1c(/C=C2\SC(=Nc3ccccc3)N([C@@H]3CCCC[C@@H]3C)C2=O)c2ccccc2n1Cc1ccccc1Cl. The number of para-hydroxylation sites is 2. The van der Waals surface area contributed by atoms with E-state index in [0.29, 0.717) is 12.5 Å². The van der Waals surface area contributed by atoms with E-state index in [1.807, 2.05) is 53.4 Å². The van der Waals surface area contributed by atoms with Gasteiger partial charge in [0.1, 0.15) is 0 Å². The predicted molar refractivity (Wildman–Crippen MR) is 165 cm³/mol. The monoisotopic (exact) mass is 553 g/mol. The van der Waals surface area contributed by atoms with Gasteiger partial charge in [-0.3, -0.25) is 9.69 Å². The second kappa shape index (κ2) is 11.1. The van der Waals surface area contributed by atoms with Gasteiger partial charge in [0.15, 0.2) is 5.17 Å². The van der Waals surface area contributed by atoms with Crippen molar-refractivity contribution in [2.75, 3.05) is 0 Å². The van der Waals surface area contributed by atoms with Crippen molar-refractivity contribution in [3.8, 4) is 0 Å². The van der Waals surface area contributed by atoms with E-state index in [-0.39, 0.29) is 11.9 Å². The molecule has 6 heteroatoms. The van der Waals surface area contributed by atoms with Crippen LogP contribution in [0, 0.1) is 12.8 Å². The third-order valence-electron chi connectivity index (χ3n) is 8.06. The summed E-state index contributed by atoms with van der Waals surface area (Å²) >= 11 is 8.04. The van der Waals surface area contributed by atoms with Gasteiger partial charge in [0, 0.05) is 39.8 Å². The first-order valence-electron chi connectivity index (χ1n) is 13.7. The Hall–Kier alpha value is -3.28. The zero-order chi connectivity index (χ0) is 26.9. The first-order chi connectivity index (χ1) is 19.0. The smallest absolute Gasteiger partial charge is 0.267 e. The van der Waals surface area contributed by atoms with Crippen LogP contribution in [0.3, 0.4) is 0 Å². The molecular weight excluding hydrogens is 522 g/mol. The van der Waals surface area contributed by atoms with Crippen molar-refractivity contribution in [1.29, 1.82) is 0 Å². The second-order valence-electron chi connectivity index (χ2n) is 10.5. The molecule has 6 rings (SSSR count). The average Bonchev–Trinajstić information content (AvgIpc) is 3.39. The van der Waals surface area contributed by atoms with Gasteiger partial charge in [-0.1, -0.05) is 86.0 Å². The van der Waals surface area contributed by atoms with Gasteiger partial charge in [0.05, 0.1) is 10.6 Å². The molecule has 3 aromatic carbocycles. The number of halogens is 1. The maximum atomic E-state index is 14.1. The fourth-order valence-corrected chi connectivity index (χ4v) is 7.14. The lowest BCUT2D eigenvalue weighted by molar-refractivity contribution is -0.124. The summed E-state index contributed by atoms with van der Waals surface area (Å²) in [4.78, 5) is 21.8. The summed E-state index contributed by atoms with van der Waals surface area (Å²) in [6.07, 6.45) is 6.62. The van der Waals surface area contributed by atoms with Crippen LogP contribution in [0.2, 0.25) is 5.02 Å². The minimum Gasteiger partial charge on any atom is -0.340 e. The summed E-state index contributed by atoms with van der Waals surface area (Å²) < 4.78 is 2.30. The molecule has 198 valence electrons. The Balaban J connectivity index is 1.44. The van der Waals surface area contributed by atoms with Crippen molar-refractivity contribution < 1.29 is 4.79 Å². The van der Waals surface area contributed by atoms with Gasteiger partial charge in [-0.2, -0.15) is 0 Å². The minimum absolute atomic E-state index is 0.0655. The molecule has 39 heavy (non-hydrogen) atoms. The zero-order valence-corrected chi connectivity index (χ0v) is 23.9. The van der Waals surface area contributed by atoms with Crippen LogP contribution < -0.4 is 0 Å². The Labute approximate surface area is 239 Å². The third-order valence-corrected chi connectivity index (χ3v) is 9.41. The molecule has 0 spiro atoms. The number of hydrogen-bond donors (Lipinski definition) is 0. The van der Waals surface area contributed by atoms with Gasteiger partial charge in [-0.15, -0.1) is 0 Å². The largest absolute Gasteiger partial charge is 0.340 e. The Kier molecular flexibility index (Phi) is 7.37. The van der Waals surface area contributed by atoms with Crippen molar-refractivity contribution in [1.82, 2.24) is 9.47 Å². The Bertz CT molecular complexity index is 1590. The molecular formula is C33H32ClN3OS. The van der Waals surface area contributed by atoms with Gasteiger partial charge < -0.3 is 4.57 Å². The molecule has 2 heterocycles. The van der Waals surface area contributed by atoms with Crippen LogP contribution in [0.4, 0.5) is 5.69 Å². The second-order valence-corrected chi connectivity index (χ2v) is 12.0. The topological polar surface area (TPSA) is 37.6 Å². The van der Waals surface area contributed by atoms with Gasteiger partial charge in [0.2, 0.25) is 0 Å². The Morgan fingerprint density at radius 3 is 2.49 bits per heavy atom. The number of thioether (sulfide) groups is 1. The summed E-state index contributed by atoms with van der Waals surface area (Å²) in [7, 11) is 0. The number of rotatable bonds is 5. The van der Waals surface area contributed by atoms with Crippen LogP contribution in [0.1, 0.15) is 49.4 Å². The highest BCUT2D eigenvalue weighted by molar-refractivity contribution is 8.18. The minimum atomic E-state index is 0.0655. The lowest BCUT2D eigenvalue weighted by Crippen LogP contribution is -2.44. The van der Waals surface area contributed by atoms with E-state index >= 15 is 0 Å². The molecule has 1 saturated carbocycles. The summed E-state index contributed by atoms with van der Waals surface area (Å²) in [5.74, 6) is 0.513. The van der Waals surface area contributed by atoms with Crippen LogP contribution in [-0.4, -0.2) is 26.6 Å². The summed E-state index contributed by atoms with van der Waals surface area (Å²) in [5, 5.41) is 2.68. The van der Waals surface area contributed by atoms with Crippen molar-refractivity contribution in [2.45, 2.75) is 52.1 Å². The average molecular weight is 554 g/mol.